The minimum Gasteiger partial charge on any atom is -0.350 e. The number of hydrogen-bond donors (Lipinski definition) is 1. The fourth-order valence-electron chi connectivity index (χ4n) is 1.75. The van der Waals surface area contributed by atoms with Gasteiger partial charge in [-0.05, 0) is 29.8 Å². The Balaban J connectivity index is 2.28. The van der Waals surface area contributed by atoms with E-state index in [0.29, 0.717) is 17.8 Å². The lowest BCUT2D eigenvalue weighted by Crippen LogP contribution is -1.97. The van der Waals surface area contributed by atoms with E-state index in [2.05, 4.69) is 11.4 Å². The molecule has 0 aliphatic rings. The van der Waals surface area contributed by atoms with Crippen LogP contribution in [0.2, 0.25) is 5.02 Å². The van der Waals surface area contributed by atoms with E-state index >= 15 is 0 Å². The highest BCUT2D eigenvalue weighted by molar-refractivity contribution is 6.33. The third-order valence-corrected chi connectivity index (χ3v) is 2.99. The van der Waals surface area contributed by atoms with Crippen LogP contribution >= 0.6 is 11.6 Å². The van der Waals surface area contributed by atoms with Gasteiger partial charge in [0.15, 0.2) is 0 Å². The molecule has 0 fully saturated rings. The van der Waals surface area contributed by atoms with Gasteiger partial charge < -0.3 is 5.32 Å². The summed E-state index contributed by atoms with van der Waals surface area (Å²) < 4.78 is 0. The van der Waals surface area contributed by atoms with Crippen LogP contribution in [0.1, 0.15) is 5.56 Å². The van der Waals surface area contributed by atoms with Crippen LogP contribution in [0.4, 0.5) is 17.1 Å². The molecule has 6 heteroatoms. The van der Waals surface area contributed by atoms with Crippen LogP contribution in [0.25, 0.3) is 0 Å². The highest BCUT2D eigenvalue weighted by Crippen LogP contribution is 2.34. The van der Waals surface area contributed by atoms with E-state index in [1.807, 2.05) is 0 Å². The van der Waals surface area contributed by atoms with E-state index in [0.717, 1.165) is 5.56 Å². The van der Waals surface area contributed by atoms with E-state index in [-0.39, 0.29) is 10.7 Å². The summed E-state index contributed by atoms with van der Waals surface area (Å²) in [5.74, 6) is 0. The summed E-state index contributed by atoms with van der Waals surface area (Å²) in [6.45, 7) is 0. The van der Waals surface area contributed by atoms with Crippen LogP contribution in [0, 0.1) is 21.4 Å². The van der Waals surface area contributed by atoms with Crippen LogP contribution in [0.15, 0.2) is 42.5 Å². The van der Waals surface area contributed by atoms with E-state index in [1.54, 1.807) is 36.4 Å². The fourth-order valence-corrected chi connectivity index (χ4v) is 2.00. The molecule has 0 aromatic heterocycles. The Hall–Kier alpha value is -2.58. The van der Waals surface area contributed by atoms with Gasteiger partial charge in [0.2, 0.25) is 0 Å². The molecule has 0 bridgehead atoms. The average molecular weight is 288 g/mol. The molecule has 0 aliphatic heterocycles. The molecule has 0 unspecified atom stereocenters. The van der Waals surface area contributed by atoms with Gasteiger partial charge in [-0.2, -0.15) is 5.26 Å². The van der Waals surface area contributed by atoms with Crippen molar-refractivity contribution in [3.8, 4) is 6.07 Å². The molecule has 0 amide bonds. The summed E-state index contributed by atoms with van der Waals surface area (Å²) in [6.07, 6.45) is 0.331. The largest absolute Gasteiger partial charge is 0.350 e. The second kappa shape index (κ2) is 6.04. The Morgan fingerprint density at radius 2 is 1.95 bits per heavy atom. The molecule has 0 atom stereocenters. The van der Waals surface area contributed by atoms with Gasteiger partial charge in [0.05, 0.1) is 17.4 Å². The Bertz CT molecular complexity index is 678. The summed E-state index contributed by atoms with van der Waals surface area (Å²) in [7, 11) is 0. The molecule has 0 heterocycles. The predicted molar refractivity (Wildman–Crippen MR) is 77.1 cm³/mol. The molecule has 0 saturated heterocycles. The third kappa shape index (κ3) is 3.05. The van der Waals surface area contributed by atoms with Gasteiger partial charge in [-0.3, -0.25) is 10.1 Å². The van der Waals surface area contributed by atoms with Crippen molar-refractivity contribution in [2.75, 3.05) is 5.32 Å². The maximum atomic E-state index is 11.0. The maximum Gasteiger partial charge on any atom is 0.311 e. The average Bonchev–Trinajstić information content (AvgIpc) is 2.41. The van der Waals surface area contributed by atoms with Gasteiger partial charge in [-0.1, -0.05) is 29.8 Å². The minimum atomic E-state index is -0.519. The molecule has 0 aliphatic carbocycles. The lowest BCUT2D eigenvalue weighted by molar-refractivity contribution is -0.383. The molecule has 0 saturated carbocycles. The van der Waals surface area contributed by atoms with Crippen molar-refractivity contribution in [3.05, 3.63) is 63.2 Å². The highest BCUT2D eigenvalue weighted by Gasteiger charge is 2.18. The van der Waals surface area contributed by atoms with Crippen LogP contribution in [-0.4, -0.2) is 4.92 Å². The van der Waals surface area contributed by atoms with Crippen LogP contribution in [0.5, 0.6) is 0 Å². The molecule has 20 heavy (non-hydrogen) atoms. The van der Waals surface area contributed by atoms with Gasteiger partial charge >= 0.3 is 5.69 Å². The first-order valence-corrected chi connectivity index (χ1v) is 6.15. The number of halogens is 1. The molecule has 1 N–H and O–H groups in total. The number of nitrogens with zero attached hydrogens (tertiary/aromatic N) is 2. The summed E-state index contributed by atoms with van der Waals surface area (Å²) in [5, 5.41) is 22.7. The molecule has 100 valence electrons. The Morgan fingerprint density at radius 3 is 2.55 bits per heavy atom. The van der Waals surface area contributed by atoms with Crippen molar-refractivity contribution >= 4 is 28.7 Å². The first kappa shape index (κ1) is 13.8. The SMILES string of the molecule is N#CCc1ccc(Nc2cccc(Cl)c2[N+](=O)[O-])cc1. The highest BCUT2D eigenvalue weighted by atomic mass is 35.5. The summed E-state index contributed by atoms with van der Waals surface area (Å²) in [5.41, 5.74) is 1.75. The smallest absolute Gasteiger partial charge is 0.311 e. The standard InChI is InChI=1S/C14H10ClN3O2/c15-12-2-1-3-13(14(12)18(19)20)17-11-6-4-10(5-7-11)8-9-16/h1-7,17H,8H2. The Kier molecular flexibility index (Phi) is 4.18. The number of nitro benzene ring substituents is 1. The van der Waals surface area contributed by atoms with Crippen LogP contribution in [0.3, 0.4) is 0 Å². The number of hydrogen-bond acceptors (Lipinski definition) is 4. The zero-order chi connectivity index (χ0) is 14.5. The number of para-hydroxylation sites is 1. The fraction of sp³-hybridized carbons (Fsp3) is 0.0714. The molecule has 2 rings (SSSR count). The zero-order valence-corrected chi connectivity index (χ0v) is 11.1. The van der Waals surface area contributed by atoms with Crippen LogP contribution < -0.4 is 5.32 Å². The molecule has 0 radical (unpaired) electrons. The summed E-state index contributed by atoms with van der Waals surface area (Å²) >= 11 is 5.84. The van der Waals surface area contributed by atoms with Crippen molar-refractivity contribution in [2.24, 2.45) is 0 Å². The van der Waals surface area contributed by atoms with Gasteiger partial charge in [0.25, 0.3) is 0 Å². The van der Waals surface area contributed by atoms with Crippen molar-refractivity contribution in [2.45, 2.75) is 6.42 Å². The van der Waals surface area contributed by atoms with Gasteiger partial charge in [0.1, 0.15) is 10.7 Å². The first-order chi connectivity index (χ1) is 9.61. The normalized spacial score (nSPS) is 9.80. The second-order valence-corrected chi connectivity index (χ2v) is 4.46. The molecule has 5 nitrogen and oxygen atoms in total. The number of anilines is 2. The molecule has 2 aromatic carbocycles. The van der Waals surface area contributed by atoms with Crippen molar-refractivity contribution in [3.63, 3.8) is 0 Å². The van der Waals surface area contributed by atoms with Crippen LogP contribution in [-0.2, 0) is 6.42 Å². The van der Waals surface area contributed by atoms with Gasteiger partial charge in [-0.25, -0.2) is 0 Å². The predicted octanol–water partition coefficient (Wildman–Crippen LogP) is 4.06. The van der Waals surface area contributed by atoms with E-state index in [9.17, 15) is 10.1 Å². The summed E-state index contributed by atoms with van der Waals surface area (Å²) in [6, 6.07) is 13.9. The van der Waals surface area contributed by atoms with Crippen molar-refractivity contribution in [1.29, 1.82) is 5.26 Å². The monoisotopic (exact) mass is 287 g/mol. The molecular weight excluding hydrogens is 278 g/mol. The lowest BCUT2D eigenvalue weighted by atomic mass is 10.1. The van der Waals surface area contributed by atoms with E-state index in [4.69, 9.17) is 16.9 Å². The second-order valence-electron chi connectivity index (χ2n) is 4.05. The molecule has 0 spiro atoms. The summed E-state index contributed by atoms with van der Waals surface area (Å²) in [4.78, 5) is 10.5. The molecule has 2 aromatic rings. The van der Waals surface area contributed by atoms with Crippen molar-refractivity contribution < 1.29 is 4.92 Å². The van der Waals surface area contributed by atoms with E-state index < -0.39 is 4.92 Å². The number of nitro groups is 1. The Labute approximate surface area is 120 Å². The van der Waals surface area contributed by atoms with Crippen molar-refractivity contribution in [1.82, 2.24) is 0 Å². The quantitative estimate of drug-likeness (QED) is 0.679. The number of nitriles is 1. The molecular formula is C14H10ClN3O2. The van der Waals surface area contributed by atoms with Gasteiger partial charge in [-0.15, -0.1) is 0 Å². The topological polar surface area (TPSA) is 79.0 Å². The lowest BCUT2D eigenvalue weighted by Gasteiger charge is -2.08. The number of benzene rings is 2. The Morgan fingerprint density at radius 1 is 1.25 bits per heavy atom. The number of rotatable bonds is 4. The first-order valence-electron chi connectivity index (χ1n) is 5.77. The zero-order valence-electron chi connectivity index (χ0n) is 10.3. The van der Waals surface area contributed by atoms with E-state index in [1.165, 1.54) is 6.07 Å². The minimum absolute atomic E-state index is 0.0844. The van der Waals surface area contributed by atoms with Gasteiger partial charge in [0, 0.05) is 5.69 Å². The number of nitrogens with one attached hydrogen (secondary N) is 1. The maximum absolute atomic E-state index is 11.0. The third-order valence-electron chi connectivity index (χ3n) is 2.69.